The summed E-state index contributed by atoms with van der Waals surface area (Å²) < 4.78 is 0. The van der Waals surface area contributed by atoms with Gasteiger partial charge in [0.05, 0.1) is 0 Å². The first-order valence-electron chi connectivity index (χ1n) is 6.29. The first kappa shape index (κ1) is 12.1. The molecule has 0 atom stereocenters. The fraction of sp³-hybridized carbons (Fsp3) is 0.692. The van der Waals surface area contributed by atoms with Gasteiger partial charge in [0.15, 0.2) is 0 Å². The first-order chi connectivity index (χ1) is 7.79. The second-order valence-electron chi connectivity index (χ2n) is 4.61. The van der Waals surface area contributed by atoms with Gasteiger partial charge in [-0.2, -0.15) is 0 Å². The van der Waals surface area contributed by atoms with Crippen LogP contribution in [-0.4, -0.2) is 31.6 Å². The Morgan fingerprint density at radius 2 is 2.31 bits per heavy atom. The summed E-state index contributed by atoms with van der Waals surface area (Å²) in [6.45, 7) is 6.57. The quantitative estimate of drug-likeness (QED) is 0.765. The average Bonchev–Trinajstić information content (AvgIpc) is 2.78. The van der Waals surface area contributed by atoms with Gasteiger partial charge in [0.25, 0.3) is 0 Å². The lowest BCUT2D eigenvalue weighted by molar-refractivity contribution is 0.328. The van der Waals surface area contributed by atoms with Crippen molar-refractivity contribution in [1.29, 1.82) is 0 Å². The van der Waals surface area contributed by atoms with Gasteiger partial charge in [-0.25, -0.2) is 0 Å². The van der Waals surface area contributed by atoms with E-state index in [1.807, 2.05) is 11.3 Å². The summed E-state index contributed by atoms with van der Waals surface area (Å²) in [5.74, 6) is 0. The molecule has 0 aromatic carbocycles. The SMILES string of the molecule is CCNCCN(C)Cc1cc2c(s1)CCC2. The molecule has 0 saturated carbocycles. The number of aryl methyl sites for hydroxylation is 2. The summed E-state index contributed by atoms with van der Waals surface area (Å²) >= 11 is 2.03. The van der Waals surface area contributed by atoms with E-state index in [1.54, 1.807) is 15.3 Å². The van der Waals surface area contributed by atoms with Crippen molar-refractivity contribution < 1.29 is 0 Å². The molecule has 0 saturated heterocycles. The maximum Gasteiger partial charge on any atom is 0.0325 e. The molecule has 1 aromatic rings. The van der Waals surface area contributed by atoms with Gasteiger partial charge in [-0.05, 0) is 44.5 Å². The minimum Gasteiger partial charge on any atom is -0.316 e. The zero-order valence-corrected chi connectivity index (χ0v) is 11.2. The molecule has 1 aromatic heterocycles. The van der Waals surface area contributed by atoms with Crippen molar-refractivity contribution in [3.05, 3.63) is 21.4 Å². The predicted octanol–water partition coefficient (Wildman–Crippen LogP) is 2.28. The number of fused-ring (bicyclic) bond motifs is 1. The van der Waals surface area contributed by atoms with Crippen LogP contribution in [0.1, 0.15) is 28.7 Å². The Morgan fingerprint density at radius 3 is 3.06 bits per heavy atom. The van der Waals surface area contributed by atoms with Gasteiger partial charge in [0.1, 0.15) is 0 Å². The molecule has 16 heavy (non-hydrogen) atoms. The third-order valence-corrected chi connectivity index (χ3v) is 4.37. The van der Waals surface area contributed by atoms with E-state index in [2.05, 4.69) is 30.3 Å². The number of hydrogen-bond acceptors (Lipinski definition) is 3. The maximum atomic E-state index is 3.37. The van der Waals surface area contributed by atoms with Crippen LogP contribution in [0.5, 0.6) is 0 Å². The molecule has 1 aliphatic rings. The monoisotopic (exact) mass is 238 g/mol. The Kier molecular flexibility index (Phi) is 4.38. The van der Waals surface area contributed by atoms with E-state index in [9.17, 15) is 0 Å². The molecule has 1 heterocycles. The molecule has 1 N–H and O–H groups in total. The van der Waals surface area contributed by atoms with Crippen LogP contribution in [0.2, 0.25) is 0 Å². The van der Waals surface area contributed by atoms with Gasteiger partial charge in [-0.3, -0.25) is 0 Å². The van der Waals surface area contributed by atoms with E-state index in [1.165, 1.54) is 19.3 Å². The number of rotatable bonds is 6. The van der Waals surface area contributed by atoms with Gasteiger partial charge in [-0.1, -0.05) is 6.92 Å². The Balaban J connectivity index is 1.79. The van der Waals surface area contributed by atoms with Crippen molar-refractivity contribution in [2.45, 2.75) is 32.7 Å². The lowest BCUT2D eigenvalue weighted by Gasteiger charge is -2.15. The molecule has 0 radical (unpaired) electrons. The van der Waals surface area contributed by atoms with Gasteiger partial charge in [0, 0.05) is 29.4 Å². The minimum absolute atomic E-state index is 1.07. The highest BCUT2D eigenvalue weighted by Gasteiger charge is 2.15. The maximum absolute atomic E-state index is 3.37. The molecule has 2 rings (SSSR count). The fourth-order valence-electron chi connectivity index (χ4n) is 2.26. The third kappa shape index (κ3) is 3.06. The topological polar surface area (TPSA) is 15.3 Å². The van der Waals surface area contributed by atoms with Crippen LogP contribution in [0.4, 0.5) is 0 Å². The number of thiophene rings is 1. The average molecular weight is 238 g/mol. The number of nitrogens with one attached hydrogen (secondary N) is 1. The smallest absolute Gasteiger partial charge is 0.0325 e. The van der Waals surface area contributed by atoms with E-state index < -0.39 is 0 Å². The molecular weight excluding hydrogens is 216 g/mol. The molecule has 2 nitrogen and oxygen atoms in total. The lowest BCUT2D eigenvalue weighted by Crippen LogP contribution is -2.28. The highest BCUT2D eigenvalue weighted by molar-refractivity contribution is 7.12. The van der Waals surface area contributed by atoms with Crippen molar-refractivity contribution in [1.82, 2.24) is 10.2 Å². The predicted molar refractivity (Wildman–Crippen MR) is 71.2 cm³/mol. The van der Waals surface area contributed by atoms with E-state index in [0.717, 1.165) is 26.2 Å². The molecule has 0 aliphatic heterocycles. The summed E-state index contributed by atoms with van der Waals surface area (Å²) in [5, 5.41) is 3.37. The summed E-state index contributed by atoms with van der Waals surface area (Å²) in [7, 11) is 2.21. The molecule has 3 heteroatoms. The van der Waals surface area contributed by atoms with E-state index in [0.29, 0.717) is 0 Å². The third-order valence-electron chi connectivity index (χ3n) is 3.14. The molecule has 1 aliphatic carbocycles. The summed E-state index contributed by atoms with van der Waals surface area (Å²) in [6, 6.07) is 2.43. The van der Waals surface area contributed by atoms with Crippen molar-refractivity contribution in [2.24, 2.45) is 0 Å². The molecule has 0 amide bonds. The van der Waals surface area contributed by atoms with Gasteiger partial charge in [-0.15, -0.1) is 11.3 Å². The van der Waals surface area contributed by atoms with Crippen molar-refractivity contribution in [3.63, 3.8) is 0 Å². The second-order valence-corrected chi connectivity index (χ2v) is 5.83. The molecule has 0 spiro atoms. The normalized spacial score (nSPS) is 14.7. The van der Waals surface area contributed by atoms with Crippen LogP contribution in [0, 0.1) is 0 Å². The van der Waals surface area contributed by atoms with Crippen LogP contribution in [0.25, 0.3) is 0 Å². The summed E-state index contributed by atoms with van der Waals surface area (Å²) in [5.41, 5.74) is 1.63. The second kappa shape index (κ2) is 5.80. The molecule has 90 valence electrons. The molecule has 0 unspecified atom stereocenters. The van der Waals surface area contributed by atoms with Crippen LogP contribution in [0.15, 0.2) is 6.07 Å². The Bertz CT molecular complexity index is 311. The lowest BCUT2D eigenvalue weighted by atomic mass is 10.2. The van der Waals surface area contributed by atoms with Crippen LogP contribution < -0.4 is 5.32 Å². The Morgan fingerprint density at radius 1 is 1.44 bits per heavy atom. The van der Waals surface area contributed by atoms with Crippen molar-refractivity contribution >= 4 is 11.3 Å². The zero-order chi connectivity index (χ0) is 11.4. The van der Waals surface area contributed by atoms with E-state index in [4.69, 9.17) is 0 Å². The van der Waals surface area contributed by atoms with E-state index >= 15 is 0 Å². The minimum atomic E-state index is 1.07. The Hall–Kier alpha value is -0.380. The first-order valence-corrected chi connectivity index (χ1v) is 7.11. The fourth-order valence-corrected chi connectivity index (χ4v) is 3.60. The van der Waals surface area contributed by atoms with Gasteiger partial charge in [0.2, 0.25) is 0 Å². The van der Waals surface area contributed by atoms with Gasteiger partial charge >= 0.3 is 0 Å². The van der Waals surface area contributed by atoms with Crippen LogP contribution in [0.3, 0.4) is 0 Å². The highest BCUT2D eigenvalue weighted by Crippen LogP contribution is 2.30. The Labute approximate surface area is 103 Å². The molecule has 0 fully saturated rings. The highest BCUT2D eigenvalue weighted by atomic mass is 32.1. The molecule has 0 bridgehead atoms. The van der Waals surface area contributed by atoms with Gasteiger partial charge < -0.3 is 10.2 Å². The van der Waals surface area contributed by atoms with Crippen molar-refractivity contribution in [3.8, 4) is 0 Å². The van der Waals surface area contributed by atoms with Crippen molar-refractivity contribution in [2.75, 3.05) is 26.7 Å². The zero-order valence-electron chi connectivity index (χ0n) is 10.4. The van der Waals surface area contributed by atoms with Crippen LogP contribution in [-0.2, 0) is 19.4 Å². The summed E-state index contributed by atoms with van der Waals surface area (Å²) in [4.78, 5) is 5.60. The van der Waals surface area contributed by atoms with Crippen LogP contribution >= 0.6 is 11.3 Å². The number of likely N-dealkylation sites (N-methyl/N-ethyl adjacent to an activating group) is 2. The number of nitrogens with zero attached hydrogens (tertiary/aromatic N) is 1. The number of hydrogen-bond donors (Lipinski definition) is 1. The van der Waals surface area contributed by atoms with E-state index in [-0.39, 0.29) is 0 Å². The standard InChI is InChI=1S/C13H22N2S/c1-3-14-7-8-15(2)10-12-9-11-5-4-6-13(11)16-12/h9,14H,3-8,10H2,1-2H3. The molecular formula is C13H22N2S. The largest absolute Gasteiger partial charge is 0.316 e. The summed E-state index contributed by atoms with van der Waals surface area (Å²) in [6.07, 6.45) is 4.01.